The first-order valence-corrected chi connectivity index (χ1v) is 18.4. The largest absolute Gasteiger partial charge is 0.371 e. The molecule has 48 heavy (non-hydrogen) atoms. The van der Waals surface area contributed by atoms with Gasteiger partial charge in [-0.3, -0.25) is 4.68 Å². The maximum absolute atomic E-state index is 12.9. The second kappa shape index (κ2) is 15.6. The summed E-state index contributed by atoms with van der Waals surface area (Å²) in [6.07, 6.45) is 15.1. The number of piperidine rings is 1. The van der Waals surface area contributed by atoms with Gasteiger partial charge in [-0.2, -0.15) is 5.10 Å². The molecule has 6 rings (SSSR count). The van der Waals surface area contributed by atoms with Gasteiger partial charge in [0.15, 0.2) is 0 Å². The standard InChI is InChI=1S/C38H52N8OS/c1-5-9-33(41-37(47)42(2)3)22-38(28-45-21-18-39-29-45,31-10-7-6-8-11-31)32-16-19-44(20-17-32)24-30-25-46(26-30)34-12-14-35(15-13-34)48-36-23-40-43(4)27-36/h6-8,10-15,18,21,23,27,29-30,32-33H,5,9,16-17,19-20,22,24-26,28H2,1-4H3,(H,41,47). The number of carbonyl (C=O) groups excluding carboxylic acids is 1. The number of nitrogens with one attached hydrogen (secondary N) is 1. The fourth-order valence-electron chi connectivity index (χ4n) is 7.84. The monoisotopic (exact) mass is 668 g/mol. The number of imidazole rings is 1. The lowest BCUT2D eigenvalue weighted by Gasteiger charge is -2.49. The summed E-state index contributed by atoms with van der Waals surface area (Å²) in [5, 5.41) is 7.67. The molecular formula is C38H52N8OS. The Morgan fingerprint density at radius 3 is 2.44 bits per heavy atom. The Morgan fingerprint density at radius 2 is 1.81 bits per heavy atom. The fourth-order valence-corrected chi connectivity index (χ4v) is 8.69. The molecule has 10 heteroatoms. The number of nitrogens with zero attached hydrogens (tertiary/aromatic N) is 7. The summed E-state index contributed by atoms with van der Waals surface area (Å²) < 4.78 is 4.10. The molecule has 2 unspecified atom stereocenters. The van der Waals surface area contributed by atoms with Gasteiger partial charge in [-0.15, -0.1) is 0 Å². The van der Waals surface area contributed by atoms with E-state index >= 15 is 0 Å². The Balaban J connectivity index is 1.10. The van der Waals surface area contributed by atoms with E-state index in [-0.39, 0.29) is 17.5 Å². The molecule has 0 aliphatic carbocycles. The highest BCUT2D eigenvalue weighted by Gasteiger charge is 2.44. The van der Waals surface area contributed by atoms with Crippen LogP contribution in [0.15, 0.2) is 95.5 Å². The molecule has 2 aliphatic rings. The third kappa shape index (κ3) is 8.26. The van der Waals surface area contributed by atoms with Gasteiger partial charge < -0.3 is 24.6 Å². The van der Waals surface area contributed by atoms with Crippen LogP contribution in [0.25, 0.3) is 0 Å². The predicted octanol–water partition coefficient (Wildman–Crippen LogP) is 6.38. The van der Waals surface area contributed by atoms with Gasteiger partial charge in [0.25, 0.3) is 0 Å². The number of hydrogen-bond acceptors (Lipinski definition) is 6. The first kappa shape index (κ1) is 34.1. The average Bonchev–Trinajstić information content (AvgIpc) is 3.74. The number of anilines is 1. The van der Waals surface area contributed by atoms with Crippen molar-refractivity contribution in [2.75, 3.05) is 51.7 Å². The number of rotatable bonds is 14. The molecule has 2 atom stereocenters. The molecule has 9 nitrogen and oxygen atoms in total. The maximum atomic E-state index is 12.9. The Morgan fingerprint density at radius 1 is 1.06 bits per heavy atom. The Kier molecular flexibility index (Phi) is 11.1. The van der Waals surface area contributed by atoms with Crippen LogP contribution in [-0.4, -0.2) is 88.0 Å². The summed E-state index contributed by atoms with van der Waals surface area (Å²) in [4.78, 5) is 26.6. The van der Waals surface area contributed by atoms with Gasteiger partial charge in [-0.1, -0.05) is 55.4 Å². The maximum Gasteiger partial charge on any atom is 0.317 e. The van der Waals surface area contributed by atoms with Crippen LogP contribution < -0.4 is 10.2 Å². The quantitative estimate of drug-likeness (QED) is 0.168. The van der Waals surface area contributed by atoms with E-state index in [4.69, 9.17) is 0 Å². The van der Waals surface area contributed by atoms with Gasteiger partial charge in [0, 0.05) is 93.9 Å². The van der Waals surface area contributed by atoms with Gasteiger partial charge in [-0.05, 0) is 74.5 Å². The van der Waals surface area contributed by atoms with E-state index in [1.165, 1.54) is 16.1 Å². The van der Waals surface area contributed by atoms with Crippen molar-refractivity contribution in [1.82, 2.24) is 34.4 Å². The summed E-state index contributed by atoms with van der Waals surface area (Å²) in [5.74, 6) is 1.20. The molecule has 2 aliphatic heterocycles. The van der Waals surface area contributed by atoms with Crippen LogP contribution in [-0.2, 0) is 19.0 Å². The van der Waals surface area contributed by atoms with Crippen LogP contribution >= 0.6 is 11.8 Å². The molecule has 0 radical (unpaired) electrons. The molecule has 2 aromatic heterocycles. The van der Waals surface area contributed by atoms with Gasteiger partial charge in [0.1, 0.15) is 0 Å². The lowest BCUT2D eigenvalue weighted by atomic mass is 9.63. The van der Waals surface area contributed by atoms with Crippen molar-refractivity contribution in [2.45, 2.75) is 66.8 Å². The smallest absolute Gasteiger partial charge is 0.317 e. The van der Waals surface area contributed by atoms with Gasteiger partial charge >= 0.3 is 6.03 Å². The van der Waals surface area contributed by atoms with Crippen molar-refractivity contribution in [1.29, 1.82) is 0 Å². The summed E-state index contributed by atoms with van der Waals surface area (Å²) in [6, 6.07) is 20.1. The number of hydrogen-bond donors (Lipinski definition) is 1. The number of likely N-dealkylation sites (tertiary alicyclic amines) is 1. The van der Waals surface area contributed by atoms with Crippen LogP contribution in [0.3, 0.4) is 0 Å². The zero-order valence-corrected chi connectivity index (χ0v) is 29.9. The van der Waals surface area contributed by atoms with E-state index in [0.717, 1.165) is 76.3 Å². The normalized spacial score (nSPS) is 17.9. The minimum atomic E-state index is -0.123. The van der Waals surface area contributed by atoms with E-state index in [1.807, 2.05) is 44.5 Å². The molecule has 2 saturated heterocycles. The second-order valence-corrected chi connectivity index (χ2v) is 15.2. The molecule has 2 aromatic carbocycles. The van der Waals surface area contributed by atoms with Crippen molar-refractivity contribution < 1.29 is 4.79 Å². The minimum absolute atomic E-state index is 0.0121. The Bertz CT molecular complexity index is 1560. The number of aromatic nitrogens is 4. The average molecular weight is 669 g/mol. The first-order valence-electron chi connectivity index (χ1n) is 17.5. The van der Waals surface area contributed by atoms with Crippen LogP contribution in [0.4, 0.5) is 10.5 Å². The van der Waals surface area contributed by atoms with Crippen molar-refractivity contribution in [3.63, 3.8) is 0 Å². The molecule has 4 aromatic rings. The highest BCUT2D eigenvalue weighted by molar-refractivity contribution is 7.99. The Labute approximate surface area is 290 Å². The molecule has 0 bridgehead atoms. The summed E-state index contributed by atoms with van der Waals surface area (Å²) in [6.45, 7) is 8.70. The zero-order valence-electron chi connectivity index (χ0n) is 29.0. The molecule has 2 fully saturated rings. The molecule has 4 heterocycles. The zero-order chi connectivity index (χ0) is 33.5. The van der Waals surface area contributed by atoms with Crippen LogP contribution in [0.1, 0.15) is 44.6 Å². The third-order valence-corrected chi connectivity index (χ3v) is 11.3. The SMILES string of the molecule is CCCC(CC(Cn1ccnc1)(c1ccccc1)C1CCN(CC2CN(c3ccc(Sc4cnn(C)c4)cc3)C2)CC1)NC(=O)N(C)C. The van der Waals surface area contributed by atoms with E-state index in [1.54, 1.807) is 16.7 Å². The van der Waals surface area contributed by atoms with Crippen LogP contribution in [0.5, 0.6) is 0 Å². The van der Waals surface area contributed by atoms with Crippen LogP contribution in [0.2, 0.25) is 0 Å². The number of carbonyl (C=O) groups is 1. The highest BCUT2D eigenvalue weighted by Crippen LogP contribution is 2.45. The molecule has 0 saturated carbocycles. The van der Waals surface area contributed by atoms with Crippen molar-refractivity contribution in [3.8, 4) is 0 Å². The molecule has 0 spiro atoms. The third-order valence-electron chi connectivity index (χ3n) is 10.3. The fraction of sp³-hybridized carbons (Fsp3) is 0.500. The van der Waals surface area contributed by atoms with Crippen molar-refractivity contribution >= 4 is 23.5 Å². The van der Waals surface area contributed by atoms with Crippen molar-refractivity contribution in [2.24, 2.45) is 18.9 Å². The summed E-state index contributed by atoms with van der Waals surface area (Å²) >= 11 is 1.75. The molecule has 2 amide bonds. The van der Waals surface area contributed by atoms with E-state index in [9.17, 15) is 4.79 Å². The second-order valence-electron chi connectivity index (χ2n) is 14.1. The molecule has 256 valence electrons. The summed E-state index contributed by atoms with van der Waals surface area (Å²) in [7, 11) is 5.60. The molecular weight excluding hydrogens is 617 g/mol. The number of amides is 2. The highest BCUT2D eigenvalue weighted by atomic mass is 32.2. The topological polar surface area (TPSA) is 74.5 Å². The minimum Gasteiger partial charge on any atom is -0.371 e. The van der Waals surface area contributed by atoms with E-state index in [0.29, 0.717) is 11.8 Å². The first-order chi connectivity index (χ1) is 23.3. The summed E-state index contributed by atoms with van der Waals surface area (Å²) in [5.41, 5.74) is 2.56. The lowest BCUT2D eigenvalue weighted by Crippen LogP contribution is -2.54. The predicted molar refractivity (Wildman–Crippen MR) is 195 cm³/mol. The van der Waals surface area contributed by atoms with E-state index in [2.05, 4.69) is 104 Å². The number of urea groups is 1. The Hall–Kier alpha value is -3.76. The van der Waals surface area contributed by atoms with Crippen LogP contribution in [0, 0.1) is 11.8 Å². The number of benzene rings is 2. The van der Waals surface area contributed by atoms with Gasteiger partial charge in [0.2, 0.25) is 0 Å². The lowest BCUT2D eigenvalue weighted by molar-refractivity contribution is 0.0865. The van der Waals surface area contributed by atoms with Gasteiger partial charge in [-0.25, -0.2) is 9.78 Å². The van der Waals surface area contributed by atoms with E-state index < -0.39 is 0 Å². The molecule has 1 N–H and O–H groups in total. The van der Waals surface area contributed by atoms with Crippen molar-refractivity contribution in [3.05, 3.63) is 91.3 Å². The van der Waals surface area contributed by atoms with Gasteiger partial charge in [0.05, 0.1) is 17.4 Å². The number of aryl methyl sites for hydroxylation is 1.